The number of imidazole rings is 1. The minimum atomic E-state index is 0.0690. The Morgan fingerprint density at radius 3 is 2.89 bits per heavy atom. The van der Waals surface area contributed by atoms with Crippen LogP contribution in [0.1, 0.15) is 29.9 Å². The molecule has 0 aliphatic heterocycles. The molecule has 0 aliphatic rings. The molecule has 3 N–H and O–H groups in total. The number of rotatable bonds is 5. The van der Waals surface area contributed by atoms with Crippen LogP contribution in [0.2, 0.25) is 0 Å². The van der Waals surface area contributed by atoms with Crippen LogP contribution < -0.4 is 11.3 Å². The first-order chi connectivity index (χ1) is 9.15. The van der Waals surface area contributed by atoms with E-state index in [0.29, 0.717) is 0 Å². The van der Waals surface area contributed by atoms with Gasteiger partial charge in [0, 0.05) is 29.8 Å². The van der Waals surface area contributed by atoms with Gasteiger partial charge in [-0.1, -0.05) is 28.1 Å². The summed E-state index contributed by atoms with van der Waals surface area (Å²) < 4.78 is 3.25. The number of hydrazine groups is 1. The van der Waals surface area contributed by atoms with E-state index in [2.05, 4.69) is 63.0 Å². The minimum Gasteiger partial charge on any atom is -0.335 e. The lowest BCUT2D eigenvalue weighted by Crippen LogP contribution is -2.30. The second-order valence-electron chi connectivity index (χ2n) is 4.56. The Morgan fingerprint density at radius 1 is 1.47 bits per heavy atom. The maximum Gasteiger partial charge on any atom is 0.110 e. The van der Waals surface area contributed by atoms with Crippen molar-refractivity contribution < 1.29 is 0 Å². The van der Waals surface area contributed by atoms with Gasteiger partial charge in [0.1, 0.15) is 5.82 Å². The lowest BCUT2D eigenvalue weighted by molar-refractivity contribution is 0.523. The molecule has 2 rings (SSSR count). The Morgan fingerprint density at radius 2 is 2.26 bits per heavy atom. The van der Waals surface area contributed by atoms with Crippen LogP contribution in [0.5, 0.6) is 0 Å². The lowest BCUT2D eigenvalue weighted by Gasteiger charge is -2.17. The fraction of sp³-hybridized carbons (Fsp3) is 0.357. The van der Waals surface area contributed by atoms with Crippen LogP contribution in [-0.2, 0) is 13.0 Å². The minimum absolute atomic E-state index is 0.0690. The fourth-order valence-corrected chi connectivity index (χ4v) is 2.40. The van der Waals surface area contributed by atoms with Gasteiger partial charge in [-0.2, -0.15) is 0 Å². The Bertz CT molecular complexity index is 550. The SMILES string of the molecule is CCn1ccnc1CC(NN)c1ccc(Br)c(C)c1. The van der Waals surface area contributed by atoms with Gasteiger partial charge in [0.2, 0.25) is 0 Å². The predicted molar refractivity (Wildman–Crippen MR) is 80.5 cm³/mol. The third-order valence-electron chi connectivity index (χ3n) is 3.31. The predicted octanol–water partition coefficient (Wildman–Crippen LogP) is 2.72. The van der Waals surface area contributed by atoms with Crippen molar-refractivity contribution in [2.75, 3.05) is 0 Å². The zero-order chi connectivity index (χ0) is 13.8. The van der Waals surface area contributed by atoms with Gasteiger partial charge in [-0.3, -0.25) is 11.3 Å². The molecule has 1 heterocycles. The van der Waals surface area contributed by atoms with E-state index < -0.39 is 0 Å². The molecule has 5 heteroatoms. The zero-order valence-electron chi connectivity index (χ0n) is 11.2. The van der Waals surface area contributed by atoms with Crippen molar-refractivity contribution in [1.82, 2.24) is 15.0 Å². The highest BCUT2D eigenvalue weighted by Gasteiger charge is 2.14. The number of hydrogen-bond acceptors (Lipinski definition) is 3. The second kappa shape index (κ2) is 6.32. The summed E-state index contributed by atoms with van der Waals surface area (Å²) >= 11 is 3.52. The topological polar surface area (TPSA) is 55.9 Å². The number of nitrogens with one attached hydrogen (secondary N) is 1. The molecule has 0 fully saturated rings. The summed E-state index contributed by atoms with van der Waals surface area (Å²) in [6.45, 7) is 5.11. The summed E-state index contributed by atoms with van der Waals surface area (Å²) in [6, 6.07) is 6.36. The Balaban J connectivity index is 2.22. The summed E-state index contributed by atoms with van der Waals surface area (Å²) in [4.78, 5) is 4.40. The lowest BCUT2D eigenvalue weighted by atomic mass is 10.0. The molecule has 0 aliphatic carbocycles. The van der Waals surface area contributed by atoms with Crippen molar-refractivity contribution in [2.45, 2.75) is 32.9 Å². The first kappa shape index (κ1) is 14.2. The zero-order valence-corrected chi connectivity index (χ0v) is 12.8. The molecule has 0 amide bonds. The molecule has 102 valence electrons. The average Bonchev–Trinajstić information content (AvgIpc) is 2.86. The van der Waals surface area contributed by atoms with Gasteiger partial charge < -0.3 is 4.57 Å². The van der Waals surface area contributed by atoms with E-state index >= 15 is 0 Å². The first-order valence-electron chi connectivity index (χ1n) is 6.38. The van der Waals surface area contributed by atoms with E-state index in [0.717, 1.165) is 23.3 Å². The highest BCUT2D eigenvalue weighted by atomic mass is 79.9. The van der Waals surface area contributed by atoms with Crippen molar-refractivity contribution in [2.24, 2.45) is 5.84 Å². The molecule has 1 aromatic carbocycles. The molecule has 4 nitrogen and oxygen atoms in total. The van der Waals surface area contributed by atoms with E-state index in [4.69, 9.17) is 5.84 Å². The molecule has 1 unspecified atom stereocenters. The van der Waals surface area contributed by atoms with Crippen LogP contribution >= 0.6 is 15.9 Å². The standard InChI is InChI=1S/C14H19BrN4/c1-3-19-7-6-17-14(19)9-13(18-16)11-4-5-12(15)10(2)8-11/h4-8,13,18H,3,9,16H2,1-2H3. The van der Waals surface area contributed by atoms with Gasteiger partial charge in [-0.15, -0.1) is 0 Å². The van der Waals surface area contributed by atoms with Crippen LogP contribution in [0, 0.1) is 6.92 Å². The average molecular weight is 323 g/mol. The van der Waals surface area contributed by atoms with E-state index in [1.165, 1.54) is 11.1 Å². The second-order valence-corrected chi connectivity index (χ2v) is 5.42. The van der Waals surface area contributed by atoms with Crippen molar-refractivity contribution in [3.63, 3.8) is 0 Å². The van der Waals surface area contributed by atoms with E-state index in [9.17, 15) is 0 Å². The number of benzene rings is 1. The van der Waals surface area contributed by atoms with E-state index in [1.807, 2.05) is 12.4 Å². The molecule has 19 heavy (non-hydrogen) atoms. The van der Waals surface area contributed by atoms with Gasteiger partial charge in [-0.05, 0) is 31.0 Å². The van der Waals surface area contributed by atoms with E-state index in [1.54, 1.807) is 0 Å². The van der Waals surface area contributed by atoms with Gasteiger partial charge in [0.25, 0.3) is 0 Å². The highest BCUT2D eigenvalue weighted by molar-refractivity contribution is 9.10. The molecule has 0 radical (unpaired) electrons. The van der Waals surface area contributed by atoms with Gasteiger partial charge >= 0.3 is 0 Å². The normalized spacial score (nSPS) is 12.6. The molecule has 0 spiro atoms. The smallest absolute Gasteiger partial charge is 0.110 e. The number of halogens is 1. The largest absolute Gasteiger partial charge is 0.335 e. The highest BCUT2D eigenvalue weighted by Crippen LogP contribution is 2.23. The summed E-state index contributed by atoms with van der Waals surface area (Å²) in [6.07, 6.45) is 4.60. The Labute approximate surface area is 122 Å². The van der Waals surface area contributed by atoms with Crippen LogP contribution in [-0.4, -0.2) is 9.55 Å². The molecule has 1 aromatic heterocycles. The molecule has 0 saturated heterocycles. The van der Waals surface area contributed by atoms with E-state index in [-0.39, 0.29) is 6.04 Å². The van der Waals surface area contributed by atoms with Crippen molar-refractivity contribution >= 4 is 15.9 Å². The molecule has 0 bridgehead atoms. The van der Waals surface area contributed by atoms with Crippen LogP contribution in [0.3, 0.4) is 0 Å². The number of nitrogens with two attached hydrogens (primary N) is 1. The Kier molecular flexibility index (Phi) is 4.74. The third kappa shape index (κ3) is 3.23. The van der Waals surface area contributed by atoms with Gasteiger partial charge in [-0.25, -0.2) is 4.98 Å². The maximum absolute atomic E-state index is 5.70. The van der Waals surface area contributed by atoms with Crippen molar-refractivity contribution in [3.05, 3.63) is 52.0 Å². The summed E-state index contributed by atoms with van der Waals surface area (Å²) in [5.41, 5.74) is 5.27. The van der Waals surface area contributed by atoms with Crippen LogP contribution in [0.15, 0.2) is 35.1 Å². The van der Waals surface area contributed by atoms with Crippen molar-refractivity contribution in [3.8, 4) is 0 Å². The monoisotopic (exact) mass is 322 g/mol. The Hall–Kier alpha value is -1.17. The molecule has 1 atom stereocenters. The number of nitrogens with zero attached hydrogens (tertiary/aromatic N) is 2. The summed E-state index contributed by atoms with van der Waals surface area (Å²) in [5.74, 6) is 6.75. The van der Waals surface area contributed by atoms with Crippen LogP contribution in [0.25, 0.3) is 0 Å². The van der Waals surface area contributed by atoms with Gasteiger partial charge in [0.15, 0.2) is 0 Å². The quantitative estimate of drug-likeness (QED) is 0.657. The fourth-order valence-electron chi connectivity index (χ4n) is 2.16. The third-order valence-corrected chi connectivity index (χ3v) is 4.20. The molecular weight excluding hydrogens is 304 g/mol. The van der Waals surface area contributed by atoms with Crippen LogP contribution in [0.4, 0.5) is 0 Å². The molecule has 0 saturated carbocycles. The van der Waals surface area contributed by atoms with Gasteiger partial charge in [0.05, 0.1) is 6.04 Å². The number of aromatic nitrogens is 2. The molecule has 2 aromatic rings. The summed E-state index contributed by atoms with van der Waals surface area (Å²) in [7, 11) is 0. The van der Waals surface area contributed by atoms with Crippen molar-refractivity contribution in [1.29, 1.82) is 0 Å². The number of aryl methyl sites for hydroxylation is 2. The molecular formula is C14H19BrN4. The number of hydrogen-bond donors (Lipinski definition) is 2. The maximum atomic E-state index is 5.70. The first-order valence-corrected chi connectivity index (χ1v) is 7.17. The summed E-state index contributed by atoms with van der Waals surface area (Å²) in [5, 5.41) is 0.